The van der Waals surface area contributed by atoms with Gasteiger partial charge in [-0.25, -0.2) is 0 Å². The number of ether oxygens (including phenoxy) is 1. The molecule has 0 bridgehead atoms. The Morgan fingerprint density at radius 2 is 2.00 bits per heavy atom. The molecule has 2 heterocycles. The number of benzene rings is 1. The predicted molar refractivity (Wildman–Crippen MR) is 82.4 cm³/mol. The van der Waals surface area contributed by atoms with E-state index >= 15 is 0 Å². The lowest BCUT2D eigenvalue weighted by molar-refractivity contribution is 0.219. The maximum absolute atomic E-state index is 5.70. The summed E-state index contributed by atoms with van der Waals surface area (Å²) < 4.78 is 5.47. The lowest BCUT2D eigenvalue weighted by Gasteiger charge is -2.08. The van der Waals surface area contributed by atoms with Crippen LogP contribution in [0.25, 0.3) is 10.9 Å². The molecule has 0 aliphatic carbocycles. The van der Waals surface area contributed by atoms with Gasteiger partial charge in [-0.1, -0.05) is 18.2 Å². The number of aromatic nitrogens is 4. The number of anilines is 1. The molecule has 7 heteroatoms. The molecular formula is C14H15N5OS. The van der Waals surface area contributed by atoms with Crippen LogP contribution in [0.4, 0.5) is 5.95 Å². The molecule has 0 spiro atoms. The Morgan fingerprint density at radius 1 is 1.19 bits per heavy atom. The van der Waals surface area contributed by atoms with Gasteiger partial charge in [0.2, 0.25) is 11.1 Å². The van der Waals surface area contributed by atoms with Crippen molar-refractivity contribution in [2.75, 3.05) is 5.73 Å². The number of nitrogen functional groups attached to an aromatic ring is 1. The molecule has 21 heavy (non-hydrogen) atoms. The van der Waals surface area contributed by atoms with Crippen LogP contribution < -0.4 is 10.5 Å². The molecule has 0 saturated heterocycles. The third-order valence-corrected chi connectivity index (χ3v) is 3.46. The van der Waals surface area contributed by atoms with Crippen molar-refractivity contribution in [3.63, 3.8) is 0 Å². The number of rotatable bonds is 4. The van der Waals surface area contributed by atoms with E-state index in [1.807, 2.05) is 44.2 Å². The van der Waals surface area contributed by atoms with Crippen molar-refractivity contribution in [2.24, 2.45) is 0 Å². The molecule has 3 rings (SSSR count). The highest BCUT2D eigenvalue weighted by atomic mass is 32.2. The molecule has 2 aromatic heterocycles. The van der Waals surface area contributed by atoms with Crippen molar-refractivity contribution >= 4 is 28.6 Å². The molecule has 0 aliphatic heterocycles. The number of nitrogens with zero attached hydrogens (tertiary/aromatic N) is 3. The first-order valence-electron chi connectivity index (χ1n) is 6.54. The third kappa shape index (κ3) is 3.25. The van der Waals surface area contributed by atoms with Crippen LogP contribution in [0.15, 0.2) is 40.5 Å². The number of hydrogen-bond acceptors (Lipinski definition) is 6. The van der Waals surface area contributed by atoms with E-state index in [9.17, 15) is 0 Å². The van der Waals surface area contributed by atoms with Crippen molar-refractivity contribution < 1.29 is 4.74 Å². The van der Waals surface area contributed by atoms with E-state index in [-0.39, 0.29) is 18.1 Å². The Hall–Kier alpha value is -2.28. The van der Waals surface area contributed by atoms with Gasteiger partial charge in [-0.05, 0) is 37.7 Å². The van der Waals surface area contributed by atoms with Gasteiger partial charge in [0.1, 0.15) is 0 Å². The van der Waals surface area contributed by atoms with Crippen LogP contribution in [0.5, 0.6) is 6.01 Å². The lowest BCUT2D eigenvalue weighted by atomic mass is 10.3. The molecule has 0 fully saturated rings. The average Bonchev–Trinajstić information content (AvgIpc) is 2.78. The maximum Gasteiger partial charge on any atom is 0.322 e. The topological polar surface area (TPSA) is 89.7 Å². The van der Waals surface area contributed by atoms with Crippen molar-refractivity contribution in [1.82, 2.24) is 19.9 Å². The van der Waals surface area contributed by atoms with Gasteiger partial charge in [0.25, 0.3) is 0 Å². The molecule has 1 aromatic carbocycles. The van der Waals surface area contributed by atoms with E-state index in [1.54, 1.807) is 0 Å². The zero-order valence-corrected chi connectivity index (χ0v) is 12.5. The Balaban J connectivity index is 1.88. The first-order valence-corrected chi connectivity index (χ1v) is 7.35. The summed E-state index contributed by atoms with van der Waals surface area (Å²) in [5.74, 6) is 0.152. The van der Waals surface area contributed by atoms with Gasteiger partial charge in [0.05, 0.1) is 11.1 Å². The summed E-state index contributed by atoms with van der Waals surface area (Å²) in [5, 5.41) is 2.59. The summed E-state index contributed by atoms with van der Waals surface area (Å²) in [5.41, 5.74) is 6.77. The molecule has 0 aliphatic rings. The van der Waals surface area contributed by atoms with Gasteiger partial charge in [-0.3, -0.25) is 0 Å². The predicted octanol–water partition coefficient (Wildman–Crippen LogP) is 2.87. The second-order valence-electron chi connectivity index (χ2n) is 4.75. The molecule has 3 N–H and O–H groups in total. The number of aromatic amines is 1. The standard InChI is InChI=1S/C14H15N5OS/c1-8(2)20-13-17-12(15)18-14(19-13)21-11-7-9-5-3-4-6-10(9)16-11/h3-8,16H,1-2H3,(H2,15,17,18,19). The largest absolute Gasteiger partial charge is 0.461 e. The highest BCUT2D eigenvalue weighted by Gasteiger charge is 2.10. The molecule has 0 atom stereocenters. The summed E-state index contributed by atoms with van der Waals surface area (Å²) in [6.45, 7) is 3.81. The fourth-order valence-corrected chi connectivity index (χ4v) is 2.67. The fourth-order valence-electron chi connectivity index (χ4n) is 1.86. The minimum Gasteiger partial charge on any atom is -0.461 e. The van der Waals surface area contributed by atoms with Crippen LogP contribution in [0.2, 0.25) is 0 Å². The SMILES string of the molecule is CC(C)Oc1nc(N)nc(Sc2cc3ccccc3[nH]2)n1. The third-order valence-electron chi connectivity index (χ3n) is 2.66. The Kier molecular flexibility index (Phi) is 3.66. The van der Waals surface area contributed by atoms with E-state index in [2.05, 4.69) is 19.9 Å². The number of fused-ring (bicyclic) bond motifs is 1. The number of para-hydroxylation sites is 1. The zero-order chi connectivity index (χ0) is 14.8. The van der Waals surface area contributed by atoms with Crippen molar-refractivity contribution in [1.29, 1.82) is 0 Å². The molecular weight excluding hydrogens is 286 g/mol. The normalized spacial score (nSPS) is 11.2. The van der Waals surface area contributed by atoms with Crippen molar-refractivity contribution in [2.45, 2.75) is 30.1 Å². The minimum absolute atomic E-state index is 0.0160. The maximum atomic E-state index is 5.70. The molecule has 3 aromatic rings. The van der Waals surface area contributed by atoms with E-state index in [4.69, 9.17) is 10.5 Å². The highest BCUT2D eigenvalue weighted by Crippen LogP contribution is 2.28. The number of nitrogens with two attached hydrogens (primary N) is 1. The summed E-state index contributed by atoms with van der Waals surface area (Å²) in [6, 6.07) is 10.3. The summed E-state index contributed by atoms with van der Waals surface area (Å²) in [7, 11) is 0. The summed E-state index contributed by atoms with van der Waals surface area (Å²) >= 11 is 1.39. The van der Waals surface area contributed by atoms with Gasteiger partial charge < -0.3 is 15.5 Å². The second kappa shape index (κ2) is 5.61. The Morgan fingerprint density at radius 3 is 2.76 bits per heavy atom. The van der Waals surface area contributed by atoms with E-state index in [0.717, 1.165) is 15.9 Å². The summed E-state index contributed by atoms with van der Waals surface area (Å²) in [4.78, 5) is 15.7. The van der Waals surface area contributed by atoms with Crippen molar-refractivity contribution in [3.8, 4) is 6.01 Å². The van der Waals surface area contributed by atoms with E-state index in [0.29, 0.717) is 5.16 Å². The smallest absolute Gasteiger partial charge is 0.322 e. The molecule has 0 amide bonds. The second-order valence-corrected chi connectivity index (χ2v) is 5.76. The number of H-pyrrole nitrogens is 1. The zero-order valence-electron chi connectivity index (χ0n) is 11.7. The quantitative estimate of drug-likeness (QED) is 0.770. The first-order chi connectivity index (χ1) is 10.1. The Bertz CT molecular complexity index is 738. The van der Waals surface area contributed by atoms with Crippen LogP contribution in [0.1, 0.15) is 13.8 Å². The van der Waals surface area contributed by atoms with Gasteiger partial charge >= 0.3 is 6.01 Å². The minimum atomic E-state index is -0.0160. The van der Waals surface area contributed by atoms with E-state index < -0.39 is 0 Å². The monoisotopic (exact) mass is 301 g/mol. The van der Waals surface area contributed by atoms with Crippen LogP contribution in [-0.2, 0) is 0 Å². The van der Waals surface area contributed by atoms with E-state index in [1.165, 1.54) is 11.8 Å². The molecule has 0 radical (unpaired) electrons. The average molecular weight is 301 g/mol. The molecule has 0 unspecified atom stereocenters. The van der Waals surface area contributed by atoms with Crippen LogP contribution >= 0.6 is 11.8 Å². The van der Waals surface area contributed by atoms with Gasteiger partial charge in [-0.15, -0.1) is 0 Å². The lowest BCUT2D eigenvalue weighted by Crippen LogP contribution is -2.10. The summed E-state index contributed by atoms with van der Waals surface area (Å²) in [6.07, 6.45) is -0.0160. The highest BCUT2D eigenvalue weighted by molar-refractivity contribution is 7.99. The van der Waals surface area contributed by atoms with Crippen molar-refractivity contribution in [3.05, 3.63) is 30.3 Å². The van der Waals surface area contributed by atoms with Gasteiger partial charge in [0.15, 0.2) is 0 Å². The van der Waals surface area contributed by atoms with Gasteiger partial charge in [-0.2, -0.15) is 15.0 Å². The number of hydrogen-bond donors (Lipinski definition) is 2. The van der Waals surface area contributed by atoms with Gasteiger partial charge in [0, 0.05) is 10.9 Å². The Labute approximate surface area is 126 Å². The molecule has 108 valence electrons. The first kappa shape index (κ1) is 13.7. The van der Waals surface area contributed by atoms with Crippen LogP contribution in [-0.4, -0.2) is 26.0 Å². The number of nitrogens with one attached hydrogen (secondary N) is 1. The molecule has 6 nitrogen and oxygen atoms in total. The van der Waals surface area contributed by atoms with Crippen LogP contribution in [0, 0.1) is 0 Å². The fraction of sp³-hybridized carbons (Fsp3) is 0.214. The van der Waals surface area contributed by atoms with Crippen LogP contribution in [0.3, 0.4) is 0 Å². The molecule has 0 saturated carbocycles.